The van der Waals surface area contributed by atoms with Gasteiger partial charge in [-0.05, 0) is 38.1 Å². The molecule has 4 aromatic rings. The summed E-state index contributed by atoms with van der Waals surface area (Å²) in [4.78, 5) is 32.8. The van der Waals surface area contributed by atoms with Crippen molar-refractivity contribution in [3.63, 3.8) is 0 Å². The number of benzene rings is 2. The Balaban J connectivity index is 1.12. The second-order valence-corrected chi connectivity index (χ2v) is 13.6. The van der Waals surface area contributed by atoms with Crippen molar-refractivity contribution in [1.29, 1.82) is 0 Å². The molecule has 3 N–H and O–H groups in total. The van der Waals surface area contributed by atoms with E-state index in [1.807, 2.05) is 36.4 Å². The Kier molecular flexibility index (Phi) is 9.98. The molecule has 0 spiro atoms. The minimum absolute atomic E-state index is 0.0841. The molecule has 2 saturated heterocycles. The number of hydrogen-bond donors (Lipinski definition) is 3. The van der Waals surface area contributed by atoms with Gasteiger partial charge in [0.25, 0.3) is 0 Å². The number of nitrogens with zero attached hydrogens (tertiary/aromatic N) is 5. The van der Waals surface area contributed by atoms with E-state index in [1.165, 1.54) is 0 Å². The molecule has 3 aliphatic rings. The normalized spacial score (nSPS) is 21.9. The van der Waals surface area contributed by atoms with Crippen LogP contribution >= 0.6 is 23.2 Å². The van der Waals surface area contributed by atoms with E-state index < -0.39 is 0 Å². The van der Waals surface area contributed by atoms with E-state index in [-0.39, 0.29) is 24.1 Å². The van der Waals surface area contributed by atoms with Crippen LogP contribution in [0.2, 0.25) is 10.0 Å². The maximum atomic E-state index is 11.5. The minimum Gasteiger partial charge on any atom is -0.480 e. The van der Waals surface area contributed by atoms with Crippen molar-refractivity contribution in [2.75, 3.05) is 27.3 Å². The number of amides is 1. The second kappa shape index (κ2) is 14.5. The molecule has 4 atom stereocenters. The third-order valence-corrected chi connectivity index (χ3v) is 10.7. The number of aromatic nitrogens is 4. The lowest BCUT2D eigenvalue weighted by Crippen LogP contribution is -2.38. The lowest BCUT2D eigenvalue weighted by molar-refractivity contribution is -0.119. The molecule has 2 aromatic carbocycles. The smallest absolute Gasteiger partial charge is 0.237 e. The Hall–Kier alpha value is -3.87. The third-order valence-electron chi connectivity index (χ3n) is 9.89. The fourth-order valence-electron chi connectivity index (χ4n) is 7.44. The van der Waals surface area contributed by atoms with Crippen molar-refractivity contribution in [2.24, 2.45) is 5.92 Å². The number of aliphatic hydroxyl groups excluding tert-OH is 1. The van der Waals surface area contributed by atoms with Crippen LogP contribution in [0, 0.1) is 5.92 Å². The maximum absolute atomic E-state index is 11.5. The monoisotopic (exact) mass is 703 g/mol. The van der Waals surface area contributed by atoms with Gasteiger partial charge in [0.15, 0.2) is 0 Å². The van der Waals surface area contributed by atoms with Gasteiger partial charge in [-0.3, -0.25) is 19.7 Å². The molecule has 0 bridgehead atoms. The zero-order valence-corrected chi connectivity index (χ0v) is 29.0. The van der Waals surface area contributed by atoms with Crippen molar-refractivity contribution in [3.8, 4) is 45.4 Å². The SMILES string of the molecule is COc1nc(-c2cccc(-c3cccc(-c4cnc(CN5CC[C@@H]6CC[C@@H](O)[C@@H]65)c(OC)n4)c3Cl)c2Cl)cnc1CNCC1CCC(=O)N1. The molecule has 2 aliphatic heterocycles. The molecule has 4 heterocycles. The van der Waals surface area contributed by atoms with Gasteiger partial charge in [-0.1, -0.05) is 59.6 Å². The van der Waals surface area contributed by atoms with Gasteiger partial charge < -0.3 is 25.2 Å². The van der Waals surface area contributed by atoms with Gasteiger partial charge in [0, 0.05) is 60.4 Å². The average Bonchev–Trinajstić information content (AvgIpc) is 3.83. The first kappa shape index (κ1) is 33.6. The topological polar surface area (TPSA) is 135 Å². The van der Waals surface area contributed by atoms with E-state index >= 15 is 0 Å². The molecular weight excluding hydrogens is 665 g/mol. The van der Waals surface area contributed by atoms with Crippen LogP contribution in [-0.2, 0) is 17.9 Å². The van der Waals surface area contributed by atoms with Crippen LogP contribution in [0.4, 0.5) is 0 Å². The number of carbonyl (C=O) groups excluding carboxylic acids is 1. The van der Waals surface area contributed by atoms with Gasteiger partial charge in [0.2, 0.25) is 17.7 Å². The van der Waals surface area contributed by atoms with Gasteiger partial charge >= 0.3 is 0 Å². The molecule has 49 heavy (non-hydrogen) atoms. The molecule has 7 rings (SSSR count). The van der Waals surface area contributed by atoms with Gasteiger partial charge in [-0.15, -0.1) is 0 Å². The number of carbonyl (C=O) groups is 1. The van der Waals surface area contributed by atoms with Crippen LogP contribution in [0.15, 0.2) is 48.8 Å². The summed E-state index contributed by atoms with van der Waals surface area (Å²) < 4.78 is 11.3. The van der Waals surface area contributed by atoms with Gasteiger partial charge in [0.05, 0.1) is 54.2 Å². The standard InChI is InChI=1S/C36H39Cl2N7O4/c1-48-35-28(16-39-15-21-10-12-31(47)42-21)40-17-26(43-35)24-7-3-5-22(32(24)37)23-6-4-8-25(33(23)38)27-18-41-29(36(44-27)49-2)19-45-14-13-20-9-11-30(46)34(20)45/h3-8,17-18,20-21,30,34,39,46H,9-16,19H2,1-2H3,(H,42,47)/t20-,21?,30+,34+/m0/s1. The Morgan fingerprint density at radius 3 is 2.10 bits per heavy atom. The Bertz CT molecular complexity index is 1860. The predicted octanol–water partition coefficient (Wildman–Crippen LogP) is 5.31. The largest absolute Gasteiger partial charge is 0.480 e. The van der Waals surface area contributed by atoms with Crippen LogP contribution in [0.25, 0.3) is 33.6 Å². The van der Waals surface area contributed by atoms with Gasteiger partial charge in [-0.25, -0.2) is 9.97 Å². The predicted molar refractivity (Wildman–Crippen MR) is 187 cm³/mol. The number of halogens is 2. The molecule has 1 saturated carbocycles. The van der Waals surface area contributed by atoms with Crippen LogP contribution in [-0.4, -0.2) is 81.3 Å². The summed E-state index contributed by atoms with van der Waals surface area (Å²) in [7, 11) is 3.15. The van der Waals surface area contributed by atoms with Crippen LogP contribution < -0.4 is 20.1 Å². The summed E-state index contributed by atoms with van der Waals surface area (Å²) in [6.07, 6.45) is 7.49. The van der Waals surface area contributed by atoms with E-state index in [0.29, 0.717) is 82.0 Å². The van der Waals surface area contributed by atoms with Crippen molar-refractivity contribution >= 4 is 29.1 Å². The van der Waals surface area contributed by atoms with Crippen LogP contribution in [0.3, 0.4) is 0 Å². The fourth-order valence-corrected chi connectivity index (χ4v) is 8.09. The highest BCUT2D eigenvalue weighted by atomic mass is 35.5. The number of methoxy groups -OCH3 is 2. The molecule has 0 radical (unpaired) electrons. The molecule has 256 valence electrons. The zero-order valence-electron chi connectivity index (χ0n) is 27.5. The number of fused-ring (bicyclic) bond motifs is 1. The highest BCUT2D eigenvalue weighted by molar-refractivity contribution is 6.39. The Labute approximate surface area is 295 Å². The van der Waals surface area contributed by atoms with Crippen molar-refractivity contribution in [3.05, 3.63) is 70.2 Å². The molecule has 2 aromatic heterocycles. The van der Waals surface area contributed by atoms with E-state index in [0.717, 1.165) is 49.0 Å². The number of rotatable bonds is 11. The molecule has 1 unspecified atom stereocenters. The van der Waals surface area contributed by atoms with Crippen molar-refractivity contribution in [2.45, 2.75) is 63.4 Å². The van der Waals surface area contributed by atoms with E-state index in [4.69, 9.17) is 47.6 Å². The molecule has 13 heteroatoms. The number of ether oxygens (including phenoxy) is 2. The Morgan fingerprint density at radius 2 is 1.49 bits per heavy atom. The highest BCUT2D eigenvalue weighted by Gasteiger charge is 2.43. The van der Waals surface area contributed by atoms with Gasteiger partial charge in [-0.2, -0.15) is 0 Å². The molecule has 1 amide bonds. The zero-order chi connectivity index (χ0) is 34.1. The quantitative estimate of drug-likeness (QED) is 0.189. The van der Waals surface area contributed by atoms with E-state index in [2.05, 4.69) is 20.5 Å². The van der Waals surface area contributed by atoms with Gasteiger partial charge in [0.1, 0.15) is 11.4 Å². The molecule has 3 fully saturated rings. The second-order valence-electron chi connectivity index (χ2n) is 12.8. The molecule has 11 nitrogen and oxygen atoms in total. The number of hydrogen-bond acceptors (Lipinski definition) is 10. The first-order valence-electron chi connectivity index (χ1n) is 16.6. The summed E-state index contributed by atoms with van der Waals surface area (Å²) in [5, 5.41) is 17.8. The first-order valence-corrected chi connectivity index (χ1v) is 17.4. The summed E-state index contributed by atoms with van der Waals surface area (Å²) in [6.45, 7) is 2.57. The lowest BCUT2D eigenvalue weighted by atomic mass is 9.98. The lowest BCUT2D eigenvalue weighted by Gasteiger charge is -2.26. The third kappa shape index (κ3) is 6.82. The first-order chi connectivity index (χ1) is 23.8. The number of likely N-dealkylation sites (tertiary alicyclic amines) is 1. The minimum atomic E-state index is -0.299. The Morgan fingerprint density at radius 1 is 0.878 bits per heavy atom. The summed E-state index contributed by atoms with van der Waals surface area (Å²) in [6, 6.07) is 11.7. The summed E-state index contributed by atoms with van der Waals surface area (Å²) >= 11 is 14.2. The number of nitrogens with one attached hydrogen (secondary N) is 2. The maximum Gasteiger partial charge on any atom is 0.237 e. The fraction of sp³-hybridized carbons (Fsp3) is 0.417. The van der Waals surface area contributed by atoms with Crippen molar-refractivity contribution in [1.82, 2.24) is 35.5 Å². The van der Waals surface area contributed by atoms with E-state index in [9.17, 15) is 9.90 Å². The average molecular weight is 705 g/mol. The molecular formula is C36H39Cl2N7O4. The summed E-state index contributed by atoms with van der Waals surface area (Å²) in [5.41, 5.74) is 5.36. The van der Waals surface area contributed by atoms with Crippen LogP contribution in [0.1, 0.15) is 43.5 Å². The van der Waals surface area contributed by atoms with Crippen LogP contribution in [0.5, 0.6) is 11.8 Å². The highest BCUT2D eigenvalue weighted by Crippen LogP contribution is 2.43. The van der Waals surface area contributed by atoms with Crippen molar-refractivity contribution < 1.29 is 19.4 Å². The van der Waals surface area contributed by atoms with E-state index in [1.54, 1.807) is 26.6 Å². The number of aliphatic hydroxyl groups is 1. The molecule has 1 aliphatic carbocycles. The summed E-state index contributed by atoms with van der Waals surface area (Å²) in [5.74, 6) is 1.45.